The van der Waals surface area contributed by atoms with Crippen LogP contribution in [0.2, 0.25) is 0 Å². The van der Waals surface area contributed by atoms with E-state index in [0.717, 1.165) is 19.4 Å². The second-order valence-electron chi connectivity index (χ2n) is 8.87. The zero-order valence-electron chi connectivity index (χ0n) is 19.9. The molecule has 2 aromatic rings. The summed E-state index contributed by atoms with van der Waals surface area (Å²) in [4.78, 5) is 42.9. The third-order valence-electron chi connectivity index (χ3n) is 6.84. The van der Waals surface area contributed by atoms with Crippen molar-refractivity contribution in [1.29, 1.82) is 0 Å². The average molecular weight is 480 g/mol. The van der Waals surface area contributed by atoms with E-state index in [4.69, 9.17) is 14.2 Å². The van der Waals surface area contributed by atoms with E-state index in [1.807, 2.05) is 12.1 Å². The Morgan fingerprint density at radius 2 is 1.94 bits per heavy atom. The van der Waals surface area contributed by atoms with Crippen LogP contribution in [0, 0.1) is 0 Å². The number of hydrogen-bond acceptors (Lipinski definition) is 6. The minimum absolute atomic E-state index is 0.0727. The van der Waals surface area contributed by atoms with Crippen LogP contribution < -0.4 is 19.7 Å². The standard InChI is InChI=1S/C26H29N3O6/c1-33-20-12-11-18-22(23(20)34-2)26(32)29-19-9-4-3-8-17(19)25(31)28(24(18)29)13-5-10-21(30)27-15-16-7-6-14-35-16/h3-4,8-9,11-12,16,24H,5-7,10,13-15H2,1-2H3,(H,27,30)/t16-,24+/m0/s1. The first-order chi connectivity index (χ1) is 17.0. The van der Waals surface area contributed by atoms with Crippen molar-refractivity contribution in [2.24, 2.45) is 0 Å². The van der Waals surface area contributed by atoms with Gasteiger partial charge in [0.25, 0.3) is 11.8 Å². The quantitative estimate of drug-likeness (QED) is 0.625. The number of nitrogens with zero attached hydrogens (tertiary/aromatic N) is 2. The van der Waals surface area contributed by atoms with Gasteiger partial charge >= 0.3 is 0 Å². The maximum atomic E-state index is 13.7. The van der Waals surface area contributed by atoms with Crippen LogP contribution in [-0.2, 0) is 9.53 Å². The fourth-order valence-electron chi connectivity index (χ4n) is 5.18. The van der Waals surface area contributed by atoms with Crippen molar-refractivity contribution in [3.05, 3.63) is 53.1 Å². The molecular weight excluding hydrogens is 450 g/mol. The van der Waals surface area contributed by atoms with E-state index in [2.05, 4.69) is 5.32 Å². The Kier molecular flexibility index (Phi) is 6.34. The van der Waals surface area contributed by atoms with Crippen molar-refractivity contribution in [1.82, 2.24) is 10.2 Å². The molecule has 3 aliphatic heterocycles. The molecule has 3 amide bonds. The molecule has 9 heteroatoms. The van der Waals surface area contributed by atoms with Gasteiger partial charge in [-0.15, -0.1) is 0 Å². The highest BCUT2D eigenvalue weighted by Crippen LogP contribution is 2.49. The molecule has 1 N–H and O–H groups in total. The number of hydrogen-bond donors (Lipinski definition) is 1. The summed E-state index contributed by atoms with van der Waals surface area (Å²) in [7, 11) is 3.01. The maximum Gasteiger partial charge on any atom is 0.264 e. The minimum atomic E-state index is -0.616. The number of amides is 3. The highest BCUT2D eigenvalue weighted by atomic mass is 16.5. The normalized spacial score (nSPS) is 20.4. The van der Waals surface area contributed by atoms with Gasteiger partial charge in [-0.1, -0.05) is 18.2 Å². The van der Waals surface area contributed by atoms with E-state index >= 15 is 0 Å². The van der Waals surface area contributed by atoms with Crippen LogP contribution in [-0.4, -0.2) is 62.6 Å². The van der Waals surface area contributed by atoms with Crippen molar-refractivity contribution >= 4 is 23.4 Å². The smallest absolute Gasteiger partial charge is 0.264 e. The first-order valence-electron chi connectivity index (χ1n) is 11.9. The molecule has 1 fully saturated rings. The first kappa shape index (κ1) is 23.2. The van der Waals surface area contributed by atoms with Gasteiger partial charge in [0.1, 0.15) is 6.17 Å². The summed E-state index contributed by atoms with van der Waals surface area (Å²) in [6, 6.07) is 10.7. The Bertz CT molecular complexity index is 1160. The van der Waals surface area contributed by atoms with Crippen LogP contribution in [0.5, 0.6) is 11.5 Å². The van der Waals surface area contributed by atoms with Crippen molar-refractivity contribution in [2.45, 2.75) is 38.0 Å². The Labute approximate surface area is 203 Å². The number of fused-ring (bicyclic) bond motifs is 5. The van der Waals surface area contributed by atoms with E-state index in [0.29, 0.717) is 53.4 Å². The highest BCUT2D eigenvalue weighted by Gasteiger charge is 2.49. The number of nitrogens with one attached hydrogen (secondary N) is 1. The zero-order valence-corrected chi connectivity index (χ0v) is 19.9. The summed E-state index contributed by atoms with van der Waals surface area (Å²) in [5.74, 6) is 0.310. The third-order valence-corrected chi connectivity index (χ3v) is 6.84. The molecule has 9 nitrogen and oxygen atoms in total. The molecule has 0 unspecified atom stereocenters. The topological polar surface area (TPSA) is 97.4 Å². The number of anilines is 1. The Morgan fingerprint density at radius 3 is 2.69 bits per heavy atom. The highest BCUT2D eigenvalue weighted by molar-refractivity contribution is 6.18. The maximum absolute atomic E-state index is 13.7. The molecule has 2 aromatic carbocycles. The molecule has 184 valence electrons. The lowest BCUT2D eigenvalue weighted by Gasteiger charge is -2.41. The predicted molar refractivity (Wildman–Crippen MR) is 128 cm³/mol. The van der Waals surface area contributed by atoms with E-state index in [-0.39, 0.29) is 30.2 Å². The van der Waals surface area contributed by atoms with Crippen LogP contribution in [0.15, 0.2) is 36.4 Å². The summed E-state index contributed by atoms with van der Waals surface area (Å²) >= 11 is 0. The van der Waals surface area contributed by atoms with Gasteiger partial charge in [-0.05, 0) is 37.5 Å². The molecule has 2 atom stereocenters. The molecule has 0 spiro atoms. The first-order valence-corrected chi connectivity index (χ1v) is 11.9. The molecule has 1 saturated heterocycles. The molecule has 3 heterocycles. The fraction of sp³-hybridized carbons (Fsp3) is 0.423. The number of methoxy groups -OCH3 is 2. The largest absolute Gasteiger partial charge is 0.493 e. The predicted octanol–water partition coefficient (Wildman–Crippen LogP) is 2.89. The Balaban J connectivity index is 1.40. The second-order valence-corrected chi connectivity index (χ2v) is 8.87. The lowest BCUT2D eigenvalue weighted by Crippen LogP contribution is -2.48. The van der Waals surface area contributed by atoms with E-state index < -0.39 is 6.17 Å². The van der Waals surface area contributed by atoms with Gasteiger partial charge in [-0.3, -0.25) is 19.3 Å². The fourth-order valence-corrected chi connectivity index (χ4v) is 5.18. The van der Waals surface area contributed by atoms with E-state index in [1.54, 1.807) is 34.1 Å². The van der Waals surface area contributed by atoms with Crippen molar-refractivity contribution in [2.75, 3.05) is 38.8 Å². The van der Waals surface area contributed by atoms with Crippen LogP contribution in [0.3, 0.4) is 0 Å². The lowest BCUT2D eigenvalue weighted by molar-refractivity contribution is -0.121. The molecule has 0 aliphatic carbocycles. The lowest BCUT2D eigenvalue weighted by atomic mass is 10.0. The van der Waals surface area contributed by atoms with Crippen LogP contribution in [0.25, 0.3) is 0 Å². The molecule has 0 bridgehead atoms. The summed E-state index contributed by atoms with van der Waals surface area (Å²) in [6.45, 7) is 1.57. The number of ether oxygens (including phenoxy) is 3. The number of benzene rings is 2. The van der Waals surface area contributed by atoms with Gasteiger partial charge in [0.05, 0.1) is 37.1 Å². The van der Waals surface area contributed by atoms with Gasteiger partial charge in [0, 0.05) is 31.7 Å². The average Bonchev–Trinajstić information content (AvgIpc) is 3.50. The van der Waals surface area contributed by atoms with Crippen LogP contribution in [0.1, 0.15) is 58.1 Å². The number of carbonyl (C=O) groups excluding carboxylic acids is 3. The summed E-state index contributed by atoms with van der Waals surface area (Å²) in [5.41, 5.74) is 2.09. The van der Waals surface area contributed by atoms with Gasteiger partial charge in [-0.25, -0.2) is 0 Å². The molecule has 0 saturated carbocycles. The molecule has 0 radical (unpaired) electrons. The molecule has 5 rings (SSSR count). The van der Waals surface area contributed by atoms with Crippen molar-refractivity contribution in [3.8, 4) is 11.5 Å². The molecule has 3 aliphatic rings. The van der Waals surface area contributed by atoms with E-state index in [1.165, 1.54) is 14.2 Å². The monoisotopic (exact) mass is 479 g/mol. The zero-order chi connectivity index (χ0) is 24.5. The Morgan fingerprint density at radius 1 is 1.11 bits per heavy atom. The number of carbonyl (C=O) groups is 3. The number of rotatable bonds is 8. The molecule has 0 aromatic heterocycles. The van der Waals surface area contributed by atoms with E-state index in [9.17, 15) is 14.4 Å². The van der Waals surface area contributed by atoms with Gasteiger partial charge in [0.2, 0.25) is 5.91 Å². The van der Waals surface area contributed by atoms with Crippen molar-refractivity contribution in [3.63, 3.8) is 0 Å². The summed E-state index contributed by atoms with van der Waals surface area (Å²) in [5, 5.41) is 2.92. The minimum Gasteiger partial charge on any atom is -0.493 e. The Hall–Kier alpha value is -3.59. The van der Waals surface area contributed by atoms with Gasteiger partial charge < -0.3 is 24.4 Å². The van der Waals surface area contributed by atoms with Gasteiger partial charge in [-0.2, -0.15) is 0 Å². The van der Waals surface area contributed by atoms with Crippen molar-refractivity contribution < 1.29 is 28.6 Å². The second kappa shape index (κ2) is 9.58. The third kappa shape index (κ3) is 3.99. The molecule has 35 heavy (non-hydrogen) atoms. The SMILES string of the molecule is COc1ccc2c(c1OC)C(=O)N1c3ccccc3C(=O)N(CCCC(=O)NC[C@@H]3CCCO3)[C@@H]21. The van der Waals surface area contributed by atoms with Crippen LogP contribution >= 0.6 is 0 Å². The summed E-state index contributed by atoms with van der Waals surface area (Å²) < 4.78 is 16.5. The molecular formula is C26H29N3O6. The number of para-hydroxylation sites is 1. The van der Waals surface area contributed by atoms with Crippen LogP contribution in [0.4, 0.5) is 5.69 Å². The van der Waals surface area contributed by atoms with Gasteiger partial charge in [0.15, 0.2) is 11.5 Å². The summed E-state index contributed by atoms with van der Waals surface area (Å²) in [6.07, 6.45) is 2.19.